The van der Waals surface area contributed by atoms with Gasteiger partial charge in [-0.1, -0.05) is 35.5 Å². The lowest BCUT2D eigenvalue weighted by Crippen LogP contribution is -2.40. The topological polar surface area (TPSA) is 87.1 Å². The van der Waals surface area contributed by atoms with Gasteiger partial charge < -0.3 is 4.52 Å². The molecular formula is C17H15N3O4. The van der Waals surface area contributed by atoms with E-state index in [0.717, 1.165) is 10.1 Å². The van der Waals surface area contributed by atoms with Crippen LogP contribution in [0.5, 0.6) is 0 Å². The highest BCUT2D eigenvalue weighted by Crippen LogP contribution is 2.19. The minimum absolute atomic E-state index is 0.0381. The summed E-state index contributed by atoms with van der Waals surface area (Å²) in [6.07, 6.45) is 1.27. The van der Waals surface area contributed by atoms with E-state index < -0.39 is 17.0 Å². The average Bonchev–Trinajstić information content (AvgIpc) is 3.04. The zero-order valence-electron chi connectivity index (χ0n) is 13.2. The Hall–Kier alpha value is -3.22. The summed E-state index contributed by atoms with van der Waals surface area (Å²) < 4.78 is 7.47. The normalized spacial score (nSPS) is 10.8. The number of nitrogens with zero attached hydrogens (tertiary/aromatic N) is 3. The first-order chi connectivity index (χ1) is 11.5. The standard InChI is InChI=1S/C17H15N3O4/c1-11(21)14-10-20(17(23)19(2)16(14)22)9-13-8-15(24-18-13)12-6-4-3-5-7-12/h3-8,10H,9H2,1-2H3. The maximum absolute atomic E-state index is 12.2. The Balaban J connectivity index is 1.98. The SMILES string of the molecule is CC(=O)c1cn(Cc2cc(-c3ccccc3)on2)c(=O)n(C)c1=O. The number of carbonyl (C=O) groups excluding carboxylic acids is 1. The molecule has 7 nitrogen and oxygen atoms in total. The van der Waals surface area contributed by atoms with E-state index in [1.54, 1.807) is 6.07 Å². The minimum atomic E-state index is -0.603. The van der Waals surface area contributed by atoms with Gasteiger partial charge in [-0.2, -0.15) is 0 Å². The molecular weight excluding hydrogens is 310 g/mol. The summed E-state index contributed by atoms with van der Waals surface area (Å²) >= 11 is 0. The Morgan fingerprint density at radius 3 is 2.58 bits per heavy atom. The van der Waals surface area contributed by atoms with E-state index in [-0.39, 0.29) is 12.1 Å². The number of hydrogen-bond donors (Lipinski definition) is 0. The van der Waals surface area contributed by atoms with Crippen molar-refractivity contribution in [3.8, 4) is 11.3 Å². The Morgan fingerprint density at radius 2 is 1.92 bits per heavy atom. The van der Waals surface area contributed by atoms with Gasteiger partial charge in [0.2, 0.25) is 0 Å². The molecule has 3 rings (SSSR count). The lowest BCUT2D eigenvalue weighted by Gasteiger charge is -2.07. The quantitative estimate of drug-likeness (QED) is 0.678. The van der Waals surface area contributed by atoms with Gasteiger partial charge in [-0.3, -0.25) is 18.7 Å². The van der Waals surface area contributed by atoms with Gasteiger partial charge in [0.25, 0.3) is 5.56 Å². The van der Waals surface area contributed by atoms with Crippen LogP contribution in [0.25, 0.3) is 11.3 Å². The average molecular weight is 325 g/mol. The third-order valence-electron chi connectivity index (χ3n) is 3.68. The van der Waals surface area contributed by atoms with E-state index in [2.05, 4.69) is 5.16 Å². The molecule has 0 fully saturated rings. The van der Waals surface area contributed by atoms with Crippen LogP contribution in [-0.2, 0) is 13.6 Å². The van der Waals surface area contributed by atoms with Crippen molar-refractivity contribution in [2.75, 3.05) is 0 Å². The van der Waals surface area contributed by atoms with Crippen molar-refractivity contribution in [3.05, 3.63) is 74.7 Å². The number of Topliss-reactive ketones (excluding diaryl/α,β-unsaturated/α-hetero) is 1. The van der Waals surface area contributed by atoms with Gasteiger partial charge in [0, 0.05) is 24.9 Å². The molecule has 0 amide bonds. The van der Waals surface area contributed by atoms with Crippen molar-refractivity contribution < 1.29 is 9.32 Å². The molecule has 3 aromatic rings. The lowest BCUT2D eigenvalue weighted by molar-refractivity contribution is 0.101. The van der Waals surface area contributed by atoms with Crippen LogP contribution >= 0.6 is 0 Å². The number of ketones is 1. The van der Waals surface area contributed by atoms with Crippen LogP contribution < -0.4 is 11.2 Å². The second kappa shape index (κ2) is 6.11. The molecule has 0 saturated heterocycles. The van der Waals surface area contributed by atoms with Crippen molar-refractivity contribution in [2.45, 2.75) is 13.5 Å². The summed E-state index contributed by atoms with van der Waals surface area (Å²) in [5.41, 5.74) is 0.226. The molecule has 0 atom stereocenters. The molecule has 122 valence electrons. The van der Waals surface area contributed by atoms with Gasteiger partial charge >= 0.3 is 5.69 Å². The van der Waals surface area contributed by atoms with Crippen molar-refractivity contribution >= 4 is 5.78 Å². The summed E-state index contributed by atoms with van der Waals surface area (Å²) in [7, 11) is 1.34. The largest absolute Gasteiger partial charge is 0.356 e. The molecule has 7 heteroatoms. The number of benzene rings is 1. The fourth-order valence-electron chi connectivity index (χ4n) is 2.38. The van der Waals surface area contributed by atoms with Crippen molar-refractivity contribution in [1.82, 2.24) is 14.3 Å². The predicted octanol–water partition coefficient (Wildman–Crippen LogP) is 1.45. The highest BCUT2D eigenvalue weighted by Gasteiger charge is 2.14. The fourth-order valence-corrected chi connectivity index (χ4v) is 2.38. The number of rotatable bonds is 4. The molecule has 0 aliphatic rings. The van der Waals surface area contributed by atoms with Crippen LogP contribution in [0.1, 0.15) is 23.0 Å². The second-order valence-electron chi connectivity index (χ2n) is 5.42. The molecule has 0 aliphatic heterocycles. The monoisotopic (exact) mass is 325 g/mol. The lowest BCUT2D eigenvalue weighted by atomic mass is 10.1. The maximum atomic E-state index is 12.2. The van der Waals surface area contributed by atoms with Crippen LogP contribution in [-0.4, -0.2) is 20.1 Å². The first-order valence-corrected chi connectivity index (χ1v) is 7.30. The maximum Gasteiger partial charge on any atom is 0.331 e. The van der Waals surface area contributed by atoms with Crippen molar-refractivity contribution in [1.29, 1.82) is 0 Å². The van der Waals surface area contributed by atoms with E-state index in [1.165, 1.54) is 24.7 Å². The summed E-state index contributed by atoms with van der Waals surface area (Å²) in [4.78, 5) is 35.7. The third kappa shape index (κ3) is 2.83. The summed E-state index contributed by atoms with van der Waals surface area (Å²) in [5, 5.41) is 3.95. The summed E-state index contributed by atoms with van der Waals surface area (Å²) in [5.74, 6) is 0.185. The smallest absolute Gasteiger partial charge is 0.331 e. The van der Waals surface area contributed by atoms with Crippen LogP contribution in [0.4, 0.5) is 0 Å². The molecule has 0 bridgehead atoms. The van der Waals surface area contributed by atoms with Gasteiger partial charge in [0.1, 0.15) is 5.69 Å². The number of aromatic nitrogens is 3. The third-order valence-corrected chi connectivity index (χ3v) is 3.68. The van der Waals surface area contributed by atoms with Crippen molar-refractivity contribution in [2.24, 2.45) is 7.05 Å². The van der Waals surface area contributed by atoms with Gasteiger partial charge in [-0.25, -0.2) is 4.79 Å². The van der Waals surface area contributed by atoms with E-state index in [9.17, 15) is 14.4 Å². The highest BCUT2D eigenvalue weighted by molar-refractivity contribution is 5.93. The highest BCUT2D eigenvalue weighted by atomic mass is 16.5. The van der Waals surface area contributed by atoms with Crippen LogP contribution in [0.2, 0.25) is 0 Å². The molecule has 0 saturated carbocycles. The second-order valence-corrected chi connectivity index (χ2v) is 5.42. The zero-order valence-corrected chi connectivity index (χ0v) is 13.2. The molecule has 2 aromatic heterocycles. The predicted molar refractivity (Wildman–Crippen MR) is 87.0 cm³/mol. The van der Waals surface area contributed by atoms with Crippen LogP contribution in [0.15, 0.2) is 56.7 Å². The number of hydrogen-bond acceptors (Lipinski definition) is 5. The van der Waals surface area contributed by atoms with Crippen molar-refractivity contribution in [3.63, 3.8) is 0 Å². The Bertz CT molecular complexity index is 1010. The Kier molecular flexibility index (Phi) is 3.99. The minimum Gasteiger partial charge on any atom is -0.356 e. The van der Waals surface area contributed by atoms with Gasteiger partial charge in [-0.15, -0.1) is 0 Å². The molecule has 0 unspecified atom stereocenters. The van der Waals surface area contributed by atoms with Gasteiger partial charge in [0.15, 0.2) is 11.5 Å². The summed E-state index contributed by atoms with van der Waals surface area (Å²) in [6.45, 7) is 1.39. The molecule has 0 radical (unpaired) electrons. The molecule has 0 aliphatic carbocycles. The molecule has 0 N–H and O–H groups in total. The van der Waals surface area contributed by atoms with E-state index >= 15 is 0 Å². The number of carbonyl (C=O) groups is 1. The first-order valence-electron chi connectivity index (χ1n) is 7.30. The molecule has 0 spiro atoms. The van der Waals surface area contributed by atoms with E-state index in [1.807, 2.05) is 30.3 Å². The van der Waals surface area contributed by atoms with E-state index in [0.29, 0.717) is 11.5 Å². The zero-order chi connectivity index (χ0) is 17.3. The van der Waals surface area contributed by atoms with Crippen LogP contribution in [0, 0.1) is 0 Å². The molecule has 1 aromatic carbocycles. The molecule has 24 heavy (non-hydrogen) atoms. The van der Waals surface area contributed by atoms with Gasteiger partial charge in [-0.05, 0) is 6.92 Å². The first kappa shape index (κ1) is 15.7. The Morgan fingerprint density at radius 1 is 1.21 bits per heavy atom. The summed E-state index contributed by atoms with van der Waals surface area (Å²) in [6, 6.07) is 11.2. The Labute approximate surface area is 136 Å². The van der Waals surface area contributed by atoms with Gasteiger partial charge in [0.05, 0.1) is 12.1 Å². The van der Waals surface area contributed by atoms with Crippen LogP contribution in [0.3, 0.4) is 0 Å². The fraction of sp³-hybridized carbons (Fsp3) is 0.176. The molecule has 2 heterocycles. The van der Waals surface area contributed by atoms with E-state index in [4.69, 9.17) is 4.52 Å².